The summed E-state index contributed by atoms with van der Waals surface area (Å²) in [6.45, 7) is 2.06. The second kappa shape index (κ2) is 6.65. The summed E-state index contributed by atoms with van der Waals surface area (Å²) in [7, 11) is 1.40. The van der Waals surface area contributed by atoms with Gasteiger partial charge in [0.1, 0.15) is 0 Å². The largest absolute Gasteiger partial charge is 0.382 e. The van der Waals surface area contributed by atoms with Gasteiger partial charge in [0.15, 0.2) is 0 Å². The minimum absolute atomic E-state index is 0.0198. The van der Waals surface area contributed by atoms with E-state index in [1.165, 1.54) is 8.61 Å². The lowest BCUT2D eigenvalue weighted by Gasteiger charge is -2.33. The highest BCUT2D eigenvalue weighted by Gasteiger charge is 2.30. The van der Waals surface area contributed by atoms with Crippen molar-refractivity contribution in [1.29, 1.82) is 0 Å². The van der Waals surface area contributed by atoms with Gasteiger partial charge in [-0.05, 0) is 12.8 Å². The summed E-state index contributed by atoms with van der Waals surface area (Å²) in [4.78, 5) is 0. The smallest absolute Gasteiger partial charge is 0.281 e. The molecule has 0 saturated carbocycles. The van der Waals surface area contributed by atoms with Crippen LogP contribution in [0.2, 0.25) is 0 Å². The molecule has 0 unspecified atom stereocenters. The summed E-state index contributed by atoms with van der Waals surface area (Å²) in [5.41, 5.74) is 0. The van der Waals surface area contributed by atoms with Gasteiger partial charge in [-0.15, -0.1) is 0 Å². The van der Waals surface area contributed by atoms with Crippen LogP contribution in [0, 0.1) is 0 Å². The molecule has 6 nitrogen and oxygen atoms in total. The number of hydrogen-bond acceptors (Lipinski definition) is 4. The van der Waals surface area contributed by atoms with Crippen molar-refractivity contribution in [3.05, 3.63) is 0 Å². The number of ether oxygens (including phenoxy) is 2. The Bertz CT molecular complexity index is 318. The molecule has 1 atom stereocenters. The summed E-state index contributed by atoms with van der Waals surface area (Å²) in [6, 6.07) is 0. The lowest BCUT2D eigenvalue weighted by atomic mass is 10.1. The van der Waals surface area contributed by atoms with E-state index in [0.29, 0.717) is 26.3 Å². The van der Waals surface area contributed by atoms with Gasteiger partial charge in [-0.2, -0.15) is 17.0 Å². The van der Waals surface area contributed by atoms with Gasteiger partial charge in [0.25, 0.3) is 10.2 Å². The molecule has 0 aromatic heterocycles. The Morgan fingerprint density at radius 3 is 2.65 bits per heavy atom. The van der Waals surface area contributed by atoms with Gasteiger partial charge < -0.3 is 9.47 Å². The van der Waals surface area contributed by atoms with Crippen LogP contribution in [0.15, 0.2) is 0 Å². The van der Waals surface area contributed by atoms with Crippen molar-refractivity contribution >= 4 is 10.2 Å². The topological polar surface area (TPSA) is 59.1 Å². The summed E-state index contributed by atoms with van der Waals surface area (Å²) >= 11 is 0. The Balaban J connectivity index is 2.49. The Morgan fingerprint density at radius 1 is 1.35 bits per heavy atom. The summed E-state index contributed by atoms with van der Waals surface area (Å²) in [5, 5.41) is 0. The van der Waals surface area contributed by atoms with E-state index in [1.807, 2.05) is 0 Å². The van der Waals surface area contributed by atoms with Crippen molar-refractivity contribution < 1.29 is 17.9 Å². The van der Waals surface area contributed by atoms with E-state index in [1.54, 1.807) is 21.2 Å². The second-order valence-electron chi connectivity index (χ2n) is 4.28. The minimum atomic E-state index is -3.31. The van der Waals surface area contributed by atoms with Gasteiger partial charge in [-0.3, -0.25) is 0 Å². The van der Waals surface area contributed by atoms with Crippen molar-refractivity contribution in [3.8, 4) is 0 Å². The van der Waals surface area contributed by atoms with Gasteiger partial charge in [0, 0.05) is 34.3 Å². The molecule has 0 amide bonds. The summed E-state index contributed by atoms with van der Waals surface area (Å²) in [6.07, 6.45) is 1.72. The fourth-order valence-corrected chi connectivity index (χ4v) is 2.96. The van der Waals surface area contributed by atoms with E-state index in [0.717, 1.165) is 12.8 Å². The van der Waals surface area contributed by atoms with Gasteiger partial charge in [0.05, 0.1) is 19.3 Å². The predicted molar refractivity (Wildman–Crippen MR) is 65.0 cm³/mol. The fourth-order valence-electron chi connectivity index (χ4n) is 1.78. The molecule has 1 heterocycles. The molecule has 1 rings (SSSR count). The molecule has 17 heavy (non-hydrogen) atoms. The van der Waals surface area contributed by atoms with Crippen molar-refractivity contribution in [2.24, 2.45) is 0 Å². The lowest BCUT2D eigenvalue weighted by molar-refractivity contribution is -0.00713. The molecule has 102 valence electrons. The van der Waals surface area contributed by atoms with Crippen LogP contribution in [0.4, 0.5) is 0 Å². The molecular formula is C10H22N2O4S. The molecule has 0 aromatic carbocycles. The highest BCUT2D eigenvalue weighted by atomic mass is 32.2. The van der Waals surface area contributed by atoms with Gasteiger partial charge >= 0.3 is 0 Å². The number of rotatable bonds is 6. The summed E-state index contributed by atoms with van der Waals surface area (Å²) < 4.78 is 37.1. The number of piperidine rings is 1. The maximum absolute atomic E-state index is 11.9. The SMILES string of the molecule is COCCO[C@H]1CCCN(S(=O)(=O)N(C)C)C1. The normalized spacial score (nSPS) is 23.2. The molecule has 0 bridgehead atoms. The van der Waals surface area contributed by atoms with E-state index in [-0.39, 0.29) is 6.10 Å². The quantitative estimate of drug-likeness (QED) is 0.631. The molecule has 0 aromatic rings. The average Bonchev–Trinajstić information content (AvgIpc) is 2.29. The zero-order valence-corrected chi connectivity index (χ0v) is 11.6. The first-order valence-corrected chi connectivity index (χ1v) is 7.16. The maximum atomic E-state index is 11.9. The Morgan fingerprint density at radius 2 is 2.06 bits per heavy atom. The van der Waals surface area contributed by atoms with Crippen LogP contribution in [-0.4, -0.2) is 70.6 Å². The molecule has 0 radical (unpaired) electrons. The molecule has 0 aliphatic carbocycles. The van der Waals surface area contributed by atoms with E-state index < -0.39 is 10.2 Å². The molecule has 1 saturated heterocycles. The molecule has 0 N–H and O–H groups in total. The first kappa shape index (κ1) is 14.8. The number of methoxy groups -OCH3 is 1. The first-order valence-electron chi connectivity index (χ1n) is 5.76. The Kier molecular flexibility index (Phi) is 5.81. The van der Waals surface area contributed by atoms with E-state index in [9.17, 15) is 8.42 Å². The minimum Gasteiger partial charge on any atom is -0.382 e. The van der Waals surface area contributed by atoms with Gasteiger partial charge in [-0.1, -0.05) is 0 Å². The zero-order valence-electron chi connectivity index (χ0n) is 10.8. The fraction of sp³-hybridized carbons (Fsp3) is 1.00. The maximum Gasteiger partial charge on any atom is 0.281 e. The van der Waals surface area contributed by atoms with Crippen molar-refractivity contribution in [2.75, 3.05) is 47.5 Å². The first-order chi connectivity index (χ1) is 7.98. The zero-order chi connectivity index (χ0) is 12.9. The van der Waals surface area contributed by atoms with E-state index in [4.69, 9.17) is 9.47 Å². The van der Waals surface area contributed by atoms with Crippen molar-refractivity contribution in [1.82, 2.24) is 8.61 Å². The van der Waals surface area contributed by atoms with Crippen molar-refractivity contribution in [2.45, 2.75) is 18.9 Å². The Labute approximate surface area is 104 Å². The molecule has 1 aliphatic heterocycles. The van der Waals surface area contributed by atoms with Crippen LogP contribution in [0.25, 0.3) is 0 Å². The average molecular weight is 266 g/mol. The van der Waals surface area contributed by atoms with Crippen LogP contribution in [0.3, 0.4) is 0 Å². The van der Waals surface area contributed by atoms with Crippen molar-refractivity contribution in [3.63, 3.8) is 0 Å². The van der Waals surface area contributed by atoms with E-state index >= 15 is 0 Å². The highest BCUT2D eigenvalue weighted by molar-refractivity contribution is 7.86. The third kappa shape index (κ3) is 4.18. The standard InChI is InChI=1S/C10H22N2O4S/c1-11(2)17(13,14)12-6-4-5-10(9-12)16-8-7-15-3/h10H,4-9H2,1-3H3/t10-/m0/s1. The predicted octanol–water partition coefficient (Wildman–Crippen LogP) is -0.0798. The van der Waals surface area contributed by atoms with Gasteiger partial charge in [0.2, 0.25) is 0 Å². The molecule has 1 fully saturated rings. The second-order valence-corrected chi connectivity index (χ2v) is 6.42. The van der Waals surface area contributed by atoms with E-state index in [2.05, 4.69) is 0 Å². The highest BCUT2D eigenvalue weighted by Crippen LogP contribution is 2.17. The van der Waals surface area contributed by atoms with Crippen LogP contribution < -0.4 is 0 Å². The monoisotopic (exact) mass is 266 g/mol. The number of hydrogen-bond donors (Lipinski definition) is 0. The number of nitrogens with zero attached hydrogens (tertiary/aromatic N) is 2. The molecule has 1 aliphatic rings. The molecule has 7 heteroatoms. The van der Waals surface area contributed by atoms with Crippen LogP contribution in [0.5, 0.6) is 0 Å². The third-order valence-corrected chi connectivity index (χ3v) is 4.68. The summed E-state index contributed by atoms with van der Waals surface area (Å²) in [5.74, 6) is 0. The molecular weight excluding hydrogens is 244 g/mol. The van der Waals surface area contributed by atoms with Crippen LogP contribution in [-0.2, 0) is 19.7 Å². The third-order valence-electron chi connectivity index (χ3n) is 2.77. The Hall–Kier alpha value is -0.210. The van der Waals surface area contributed by atoms with Crippen LogP contribution in [0.1, 0.15) is 12.8 Å². The van der Waals surface area contributed by atoms with Gasteiger partial charge in [-0.25, -0.2) is 0 Å². The molecule has 0 spiro atoms. The van der Waals surface area contributed by atoms with Crippen LogP contribution >= 0.6 is 0 Å². The lowest BCUT2D eigenvalue weighted by Crippen LogP contribution is -2.47.